The Morgan fingerprint density at radius 1 is 0.769 bits per heavy atom. The number of thioether (sulfide) groups is 2. The van der Waals surface area contributed by atoms with E-state index in [4.69, 9.17) is 11.7 Å². The third-order valence-corrected chi connectivity index (χ3v) is 9.90. The Labute approximate surface area is 235 Å². The molecule has 6 unspecified atom stereocenters. The zero-order valence-corrected chi connectivity index (χ0v) is 23.3. The summed E-state index contributed by atoms with van der Waals surface area (Å²) in [4.78, 5) is 60.0. The number of hydrazine groups is 2. The highest BCUT2D eigenvalue weighted by molar-refractivity contribution is 8.00. The molecule has 0 aromatic rings. The van der Waals surface area contributed by atoms with Crippen LogP contribution < -0.4 is 49.3 Å². The Kier molecular flexibility index (Phi) is 12.7. The number of nitrogens with one attached hydrogen (secondary N) is 7. The molecule has 0 aliphatic carbocycles. The largest absolute Gasteiger partial charge is 0.332 e. The van der Waals surface area contributed by atoms with Crippen molar-refractivity contribution in [1.82, 2.24) is 37.5 Å². The van der Waals surface area contributed by atoms with Crippen molar-refractivity contribution >= 4 is 53.3 Å². The monoisotopic (exact) mass is 589 g/mol. The third kappa shape index (κ3) is 9.90. The molecule has 7 amide bonds. The van der Waals surface area contributed by atoms with Crippen LogP contribution in [0.1, 0.15) is 51.4 Å². The minimum Gasteiger partial charge on any atom is -0.332 e. The Bertz CT molecular complexity index is 885. The van der Waals surface area contributed by atoms with Crippen LogP contribution in [0.25, 0.3) is 0 Å². The second kappa shape index (κ2) is 16.0. The molecule has 4 aliphatic heterocycles. The molecule has 15 nitrogen and oxygen atoms in total. The first-order valence-corrected chi connectivity index (χ1v) is 15.2. The van der Waals surface area contributed by atoms with E-state index in [1.165, 1.54) is 0 Å². The summed E-state index contributed by atoms with van der Waals surface area (Å²) in [5, 5.41) is 12.6. The molecule has 0 bridgehead atoms. The molecule has 0 aromatic heterocycles. The van der Waals surface area contributed by atoms with Gasteiger partial charge >= 0.3 is 12.1 Å². The fourth-order valence-electron chi connectivity index (χ4n) is 4.93. The lowest BCUT2D eigenvalue weighted by atomic mass is 10.0. The summed E-state index contributed by atoms with van der Waals surface area (Å²) in [5.41, 5.74) is 6.61. The summed E-state index contributed by atoms with van der Waals surface area (Å²) < 4.78 is 0. The summed E-state index contributed by atoms with van der Waals surface area (Å²) in [5.74, 6) is 10.8. The summed E-state index contributed by atoms with van der Waals surface area (Å²) in [6.45, 7) is -0.304. The number of unbranched alkanes of at least 4 members (excludes halogenated alkanes) is 2. The first-order valence-electron chi connectivity index (χ1n) is 13.1. The van der Waals surface area contributed by atoms with Gasteiger partial charge in [-0.25, -0.2) is 21.3 Å². The molecule has 220 valence electrons. The van der Waals surface area contributed by atoms with Gasteiger partial charge in [0.05, 0.1) is 24.2 Å². The van der Waals surface area contributed by atoms with Gasteiger partial charge in [0.25, 0.3) is 5.91 Å². The molecule has 6 atom stereocenters. The molecule has 0 saturated carbocycles. The molecular formula is C22H39N9O6S2. The number of hydrogen-bond donors (Lipinski definition) is 9. The maximum absolute atomic E-state index is 11.5. The molecule has 4 fully saturated rings. The molecule has 17 heteroatoms. The van der Waals surface area contributed by atoms with E-state index >= 15 is 0 Å². The fraction of sp³-hybridized carbons (Fsp3) is 0.773. The normalized spacial score (nSPS) is 28.1. The average Bonchev–Trinajstić information content (AvgIpc) is 3.66. The molecule has 4 rings (SSSR count). The van der Waals surface area contributed by atoms with E-state index in [1.807, 2.05) is 23.5 Å². The van der Waals surface area contributed by atoms with Crippen LogP contribution in [-0.2, 0) is 19.2 Å². The second-order valence-corrected chi connectivity index (χ2v) is 12.3. The van der Waals surface area contributed by atoms with Crippen molar-refractivity contribution in [2.75, 3.05) is 18.1 Å². The highest BCUT2D eigenvalue weighted by Gasteiger charge is 2.43. The SMILES string of the molecule is NNC(=O)CCCCC1SCC2NC(=O)NC21.NOCC(=O)NNC(=O)CCCCC1SCC2NC(=O)NC21. The summed E-state index contributed by atoms with van der Waals surface area (Å²) in [7, 11) is 0. The van der Waals surface area contributed by atoms with Crippen LogP contribution in [0.4, 0.5) is 9.59 Å². The molecule has 4 heterocycles. The van der Waals surface area contributed by atoms with Crippen LogP contribution in [-0.4, -0.2) is 82.6 Å². The van der Waals surface area contributed by atoms with Crippen LogP contribution in [0.3, 0.4) is 0 Å². The molecule has 39 heavy (non-hydrogen) atoms. The van der Waals surface area contributed by atoms with Crippen LogP contribution in [0.15, 0.2) is 0 Å². The predicted molar refractivity (Wildman–Crippen MR) is 147 cm³/mol. The lowest BCUT2D eigenvalue weighted by molar-refractivity contribution is -0.131. The van der Waals surface area contributed by atoms with Gasteiger partial charge < -0.3 is 21.3 Å². The van der Waals surface area contributed by atoms with Gasteiger partial charge in [-0.15, -0.1) is 0 Å². The zero-order chi connectivity index (χ0) is 28.2. The molecule has 0 spiro atoms. The van der Waals surface area contributed by atoms with Gasteiger partial charge in [-0.1, -0.05) is 12.8 Å². The summed E-state index contributed by atoms with van der Waals surface area (Å²) in [6, 6.07) is 0.831. The highest BCUT2D eigenvalue weighted by Crippen LogP contribution is 2.34. The number of hydrogen-bond acceptors (Lipinski definition) is 10. The Hall–Kier alpha value is -2.47. The van der Waals surface area contributed by atoms with Gasteiger partial charge in [0, 0.05) is 34.8 Å². The lowest BCUT2D eigenvalue weighted by Crippen LogP contribution is -2.43. The van der Waals surface area contributed by atoms with E-state index in [0.717, 1.165) is 50.0 Å². The standard InChI is InChI=1S/C12H21N5O4S.C10H18N4O2S/c13-21-5-10(19)17-16-9(18)4-2-1-3-8-11-7(6-22-8)14-12(20)15-11;11-14-8(15)4-2-1-3-7-9-6(5-17-7)12-10(16)13-9/h7-8,11H,1-6,13H2,(H,16,18)(H,17,19)(H2,14,15,20);6-7,9H,1-5,11H2,(H,14,15)(H2,12,13,16). The van der Waals surface area contributed by atoms with E-state index in [1.54, 1.807) is 0 Å². The first-order chi connectivity index (χ1) is 18.8. The zero-order valence-electron chi connectivity index (χ0n) is 21.7. The second-order valence-electron chi connectivity index (χ2n) is 9.71. The molecule has 0 aromatic carbocycles. The number of nitrogens with two attached hydrogens (primary N) is 2. The Balaban J connectivity index is 0.000000223. The summed E-state index contributed by atoms with van der Waals surface area (Å²) >= 11 is 3.75. The van der Waals surface area contributed by atoms with Crippen molar-refractivity contribution in [1.29, 1.82) is 0 Å². The first kappa shape index (κ1) is 31.1. The number of fused-ring (bicyclic) bond motifs is 2. The van der Waals surface area contributed by atoms with Crippen LogP contribution in [0.2, 0.25) is 0 Å². The van der Waals surface area contributed by atoms with Crippen molar-refractivity contribution in [3.63, 3.8) is 0 Å². The predicted octanol–water partition coefficient (Wildman–Crippen LogP) is -1.55. The number of carbonyl (C=O) groups is 5. The minimum absolute atomic E-state index is 0.0483. The van der Waals surface area contributed by atoms with Crippen LogP contribution in [0, 0.1) is 0 Å². The smallest absolute Gasteiger partial charge is 0.315 e. The van der Waals surface area contributed by atoms with Gasteiger partial charge in [-0.2, -0.15) is 23.5 Å². The Morgan fingerprint density at radius 3 is 1.74 bits per heavy atom. The van der Waals surface area contributed by atoms with Crippen molar-refractivity contribution in [2.24, 2.45) is 11.7 Å². The average molecular weight is 590 g/mol. The van der Waals surface area contributed by atoms with E-state index in [2.05, 4.69) is 42.4 Å². The number of rotatable bonds is 12. The molecule has 4 aliphatic rings. The van der Waals surface area contributed by atoms with E-state index in [0.29, 0.717) is 23.3 Å². The fourth-order valence-corrected chi connectivity index (χ4v) is 8.02. The molecule has 11 N–H and O–H groups in total. The topological polar surface area (TPSA) is 231 Å². The van der Waals surface area contributed by atoms with Crippen LogP contribution in [0.5, 0.6) is 0 Å². The Morgan fingerprint density at radius 2 is 1.26 bits per heavy atom. The van der Waals surface area contributed by atoms with Gasteiger partial charge in [0.15, 0.2) is 0 Å². The minimum atomic E-state index is -0.506. The van der Waals surface area contributed by atoms with Gasteiger partial charge in [0.2, 0.25) is 11.8 Å². The van der Waals surface area contributed by atoms with Crippen molar-refractivity contribution in [3.05, 3.63) is 0 Å². The molecular weight excluding hydrogens is 550 g/mol. The molecule has 0 radical (unpaired) electrons. The number of carbonyl (C=O) groups excluding carboxylic acids is 5. The highest BCUT2D eigenvalue weighted by atomic mass is 32.2. The van der Waals surface area contributed by atoms with Crippen LogP contribution >= 0.6 is 23.5 Å². The number of amides is 7. The van der Waals surface area contributed by atoms with Gasteiger partial charge in [0.1, 0.15) is 6.61 Å². The van der Waals surface area contributed by atoms with E-state index in [-0.39, 0.29) is 54.7 Å². The molecule has 4 saturated heterocycles. The lowest BCUT2D eigenvalue weighted by Gasteiger charge is -2.16. The number of urea groups is 2. The van der Waals surface area contributed by atoms with Crippen molar-refractivity contribution in [2.45, 2.75) is 86.0 Å². The third-order valence-electron chi connectivity index (χ3n) is 6.88. The maximum Gasteiger partial charge on any atom is 0.315 e. The van der Waals surface area contributed by atoms with E-state index < -0.39 is 5.91 Å². The van der Waals surface area contributed by atoms with E-state index in [9.17, 15) is 24.0 Å². The summed E-state index contributed by atoms with van der Waals surface area (Å²) in [6.07, 6.45) is 6.25. The van der Waals surface area contributed by atoms with Gasteiger partial charge in [-0.3, -0.25) is 35.5 Å². The van der Waals surface area contributed by atoms with Crippen molar-refractivity contribution < 1.29 is 28.8 Å². The quantitative estimate of drug-likeness (QED) is 0.0418. The van der Waals surface area contributed by atoms with Gasteiger partial charge in [-0.05, 0) is 25.7 Å². The maximum atomic E-state index is 11.5. The van der Waals surface area contributed by atoms with Crippen molar-refractivity contribution in [3.8, 4) is 0 Å².